The quantitative estimate of drug-likeness (QED) is 0.413. The first-order valence-corrected chi connectivity index (χ1v) is 15.8. The molecule has 8 nitrogen and oxygen atoms in total. The van der Waals surface area contributed by atoms with Gasteiger partial charge < -0.3 is 14.5 Å². The number of amides is 1. The number of carbonyl (C=O) groups is 1. The Morgan fingerprint density at radius 2 is 1.93 bits per heavy atom. The van der Waals surface area contributed by atoms with Gasteiger partial charge in [-0.15, -0.1) is 11.8 Å². The van der Waals surface area contributed by atoms with E-state index in [1.807, 2.05) is 35.4 Å². The van der Waals surface area contributed by atoms with E-state index in [-0.39, 0.29) is 35.5 Å². The molecule has 0 unspecified atom stereocenters. The minimum atomic E-state index is -0.275. The molecule has 0 aliphatic carbocycles. The number of anilines is 1. The van der Waals surface area contributed by atoms with Gasteiger partial charge in [-0.05, 0) is 62.6 Å². The fourth-order valence-electron chi connectivity index (χ4n) is 7.58. The Kier molecular flexibility index (Phi) is 6.90. The SMILES string of the molecule is C=CC(=O)N1[C@H](C)CN(c2nc(=O)n3c4c(c(-c5ccc(F)cc5)c(C)cc24)SC[C@@H]3CN2C[C@@H]3C[C@H]2CO3)C[C@@H]1C. The van der Waals surface area contributed by atoms with Crippen LogP contribution in [0.2, 0.25) is 0 Å². The molecule has 0 N–H and O–H groups in total. The lowest BCUT2D eigenvalue weighted by molar-refractivity contribution is -0.130. The van der Waals surface area contributed by atoms with Crippen molar-refractivity contribution < 1.29 is 13.9 Å². The van der Waals surface area contributed by atoms with Crippen molar-refractivity contribution in [3.05, 3.63) is 64.9 Å². The molecule has 5 atom stereocenters. The molecule has 5 heterocycles. The van der Waals surface area contributed by atoms with Crippen molar-refractivity contribution in [1.29, 1.82) is 0 Å². The number of thioether (sulfide) groups is 1. The molecule has 0 saturated carbocycles. The van der Waals surface area contributed by atoms with Crippen LogP contribution in [0, 0.1) is 12.7 Å². The number of aromatic nitrogens is 2. The van der Waals surface area contributed by atoms with E-state index in [2.05, 4.69) is 29.4 Å². The normalized spacial score (nSPS) is 27.2. The number of aryl methyl sites for hydroxylation is 1. The Bertz CT molecular complexity index is 1630. The second-order valence-electron chi connectivity index (χ2n) is 12.2. The highest BCUT2D eigenvalue weighted by Gasteiger charge is 2.41. The van der Waals surface area contributed by atoms with Gasteiger partial charge in [0.2, 0.25) is 5.91 Å². The number of hydrogen-bond acceptors (Lipinski definition) is 7. The average Bonchev–Trinajstić information content (AvgIpc) is 3.59. The molecule has 2 bridgehead atoms. The number of morpholine rings is 1. The number of benzene rings is 2. The minimum Gasteiger partial charge on any atom is -0.375 e. The van der Waals surface area contributed by atoms with Crippen molar-refractivity contribution in [3.63, 3.8) is 0 Å². The maximum Gasteiger partial charge on any atom is 0.350 e. The Hall–Kier alpha value is -3.21. The van der Waals surface area contributed by atoms with E-state index < -0.39 is 0 Å². The maximum absolute atomic E-state index is 14.1. The van der Waals surface area contributed by atoms with Crippen molar-refractivity contribution in [1.82, 2.24) is 19.4 Å². The average molecular weight is 590 g/mol. The van der Waals surface area contributed by atoms with Crippen molar-refractivity contribution in [2.75, 3.05) is 43.4 Å². The lowest BCUT2D eigenvalue weighted by Gasteiger charge is -2.45. The Balaban J connectivity index is 1.38. The van der Waals surface area contributed by atoms with Crippen LogP contribution in [0.4, 0.5) is 10.2 Å². The molecule has 3 aromatic rings. The summed E-state index contributed by atoms with van der Waals surface area (Å²) in [7, 11) is 0. The van der Waals surface area contributed by atoms with E-state index in [0.29, 0.717) is 31.1 Å². The molecule has 42 heavy (non-hydrogen) atoms. The van der Waals surface area contributed by atoms with Crippen LogP contribution in [0.25, 0.3) is 22.0 Å². The van der Waals surface area contributed by atoms with Crippen LogP contribution in [0.1, 0.15) is 31.9 Å². The molecule has 7 rings (SSSR count). The first-order valence-electron chi connectivity index (χ1n) is 14.8. The van der Waals surface area contributed by atoms with Gasteiger partial charge in [0.1, 0.15) is 11.6 Å². The number of nitrogens with zero attached hydrogens (tertiary/aromatic N) is 5. The summed E-state index contributed by atoms with van der Waals surface area (Å²) in [6, 6.07) is 9.00. The summed E-state index contributed by atoms with van der Waals surface area (Å²) in [6.07, 6.45) is 2.72. The first kappa shape index (κ1) is 27.6. The third kappa shape index (κ3) is 4.46. The van der Waals surface area contributed by atoms with Crippen molar-refractivity contribution in [3.8, 4) is 11.1 Å². The summed E-state index contributed by atoms with van der Waals surface area (Å²) >= 11 is 1.78. The summed E-state index contributed by atoms with van der Waals surface area (Å²) in [6.45, 7) is 13.4. The first-order chi connectivity index (χ1) is 20.2. The van der Waals surface area contributed by atoms with Gasteiger partial charge in [0, 0.05) is 65.9 Å². The number of rotatable bonds is 5. The van der Waals surface area contributed by atoms with Crippen molar-refractivity contribution in [2.24, 2.45) is 0 Å². The van der Waals surface area contributed by atoms with E-state index in [1.165, 1.54) is 18.2 Å². The number of likely N-dealkylation sites (tertiary alicyclic amines) is 1. The summed E-state index contributed by atoms with van der Waals surface area (Å²) in [5.74, 6) is 1.06. The van der Waals surface area contributed by atoms with Gasteiger partial charge in [-0.3, -0.25) is 14.3 Å². The summed E-state index contributed by atoms with van der Waals surface area (Å²) in [5.41, 5.74) is 3.68. The van der Waals surface area contributed by atoms with E-state index in [0.717, 1.165) is 64.4 Å². The van der Waals surface area contributed by atoms with Crippen LogP contribution in [-0.4, -0.2) is 88.0 Å². The Morgan fingerprint density at radius 3 is 2.57 bits per heavy atom. The molecule has 3 fully saturated rings. The fraction of sp³-hybridized carbons (Fsp3) is 0.469. The highest BCUT2D eigenvalue weighted by Crippen LogP contribution is 2.46. The van der Waals surface area contributed by atoms with Crippen LogP contribution in [-0.2, 0) is 9.53 Å². The summed E-state index contributed by atoms with van der Waals surface area (Å²) < 4.78 is 21.6. The third-order valence-corrected chi connectivity index (χ3v) is 10.6. The molecule has 10 heteroatoms. The monoisotopic (exact) mass is 589 g/mol. The lowest BCUT2D eigenvalue weighted by Crippen LogP contribution is -2.58. The highest BCUT2D eigenvalue weighted by atomic mass is 32.2. The van der Waals surface area contributed by atoms with Crippen LogP contribution in [0.15, 0.2) is 52.7 Å². The smallest absolute Gasteiger partial charge is 0.350 e. The van der Waals surface area contributed by atoms with E-state index in [1.54, 1.807) is 11.8 Å². The largest absolute Gasteiger partial charge is 0.375 e. The fourth-order valence-corrected chi connectivity index (χ4v) is 8.96. The lowest BCUT2D eigenvalue weighted by atomic mass is 9.97. The standard InChI is InChI=1S/C32H36FN5O3S/c1-5-27(39)37-19(3)12-36(13-20(37)4)31-26-10-18(2)28(21-6-8-22(33)9-7-21)30-29(26)38(32(40)34-31)24(17-42-30)14-35-15-25-11-23(35)16-41-25/h5-10,19-20,23-25H,1,11-17H2,2-4H3/t19-,20+,23-,24-,25-/m0/s1. The second-order valence-corrected chi connectivity index (χ2v) is 13.2. The molecule has 0 radical (unpaired) electrons. The number of carbonyl (C=O) groups excluding carboxylic acids is 1. The highest BCUT2D eigenvalue weighted by molar-refractivity contribution is 7.99. The molecule has 1 aromatic heterocycles. The number of piperazine rings is 1. The van der Waals surface area contributed by atoms with Gasteiger partial charge in [0.05, 0.1) is 24.3 Å². The second kappa shape index (κ2) is 10.5. The van der Waals surface area contributed by atoms with E-state index in [4.69, 9.17) is 9.72 Å². The van der Waals surface area contributed by atoms with Crippen LogP contribution in [0.3, 0.4) is 0 Å². The number of fused-ring (bicyclic) bond motifs is 2. The molecular weight excluding hydrogens is 553 g/mol. The number of ether oxygens (including phenoxy) is 1. The predicted molar refractivity (Wildman–Crippen MR) is 164 cm³/mol. The topological polar surface area (TPSA) is 70.9 Å². The van der Waals surface area contributed by atoms with Gasteiger partial charge in [-0.25, -0.2) is 9.18 Å². The van der Waals surface area contributed by atoms with Crippen LogP contribution < -0.4 is 10.6 Å². The van der Waals surface area contributed by atoms with Crippen LogP contribution >= 0.6 is 11.8 Å². The summed E-state index contributed by atoms with van der Waals surface area (Å²) in [4.78, 5) is 38.9. The molecule has 1 amide bonds. The minimum absolute atomic E-state index is 0.0259. The summed E-state index contributed by atoms with van der Waals surface area (Å²) in [5, 5.41) is 0.944. The predicted octanol–water partition coefficient (Wildman–Crippen LogP) is 4.24. The zero-order valence-corrected chi connectivity index (χ0v) is 25.1. The van der Waals surface area contributed by atoms with E-state index >= 15 is 0 Å². The maximum atomic E-state index is 14.1. The molecule has 0 spiro atoms. The van der Waals surface area contributed by atoms with Gasteiger partial charge in [0.25, 0.3) is 0 Å². The number of halogens is 1. The third-order valence-electron chi connectivity index (χ3n) is 9.37. The van der Waals surface area contributed by atoms with Gasteiger partial charge in [-0.2, -0.15) is 4.98 Å². The number of hydrogen-bond donors (Lipinski definition) is 0. The molecule has 4 aliphatic heterocycles. The van der Waals surface area contributed by atoms with E-state index in [9.17, 15) is 14.0 Å². The molecule has 2 aromatic carbocycles. The van der Waals surface area contributed by atoms with Crippen LogP contribution in [0.5, 0.6) is 0 Å². The van der Waals surface area contributed by atoms with Crippen molar-refractivity contribution in [2.45, 2.75) is 62.4 Å². The molecule has 220 valence electrons. The Labute approximate surface area is 249 Å². The van der Waals surface area contributed by atoms with Crippen molar-refractivity contribution >= 4 is 34.4 Å². The van der Waals surface area contributed by atoms with Gasteiger partial charge in [0.15, 0.2) is 0 Å². The zero-order chi connectivity index (χ0) is 29.3. The van der Waals surface area contributed by atoms with Gasteiger partial charge >= 0.3 is 5.69 Å². The molecule has 4 aliphatic rings. The van der Waals surface area contributed by atoms with Gasteiger partial charge in [-0.1, -0.05) is 18.7 Å². The Morgan fingerprint density at radius 1 is 1.19 bits per heavy atom. The molecular formula is C32H36FN5O3S. The zero-order valence-electron chi connectivity index (χ0n) is 24.3. The molecule has 3 saturated heterocycles.